The predicted molar refractivity (Wildman–Crippen MR) is 101 cm³/mol. The third kappa shape index (κ3) is 3.34. The first kappa shape index (κ1) is 16.2. The third-order valence-electron chi connectivity index (χ3n) is 6.02. The fourth-order valence-electron chi connectivity index (χ4n) is 4.33. The van der Waals surface area contributed by atoms with Crippen molar-refractivity contribution in [3.63, 3.8) is 0 Å². The summed E-state index contributed by atoms with van der Waals surface area (Å²) in [7, 11) is 0. The van der Waals surface area contributed by atoms with Gasteiger partial charge in [-0.2, -0.15) is 0 Å². The molecule has 1 saturated heterocycles. The van der Waals surface area contributed by atoms with E-state index in [1.54, 1.807) is 6.33 Å². The van der Waals surface area contributed by atoms with Crippen molar-refractivity contribution < 1.29 is 0 Å². The number of aryl methyl sites for hydroxylation is 1. The average molecular weight is 352 g/mol. The second-order valence-electron chi connectivity index (χ2n) is 8.19. The van der Waals surface area contributed by atoms with E-state index in [-0.39, 0.29) is 0 Å². The summed E-state index contributed by atoms with van der Waals surface area (Å²) in [4.78, 5) is 18.4. The molecule has 0 atom stereocenters. The first-order valence-corrected chi connectivity index (χ1v) is 10.1. The van der Waals surface area contributed by atoms with E-state index in [1.165, 1.54) is 44.2 Å². The van der Waals surface area contributed by atoms with E-state index in [1.807, 2.05) is 6.33 Å². The summed E-state index contributed by atoms with van der Waals surface area (Å²) in [5.41, 5.74) is 2.45. The lowest BCUT2D eigenvalue weighted by Gasteiger charge is -2.39. The van der Waals surface area contributed by atoms with Gasteiger partial charge >= 0.3 is 0 Å². The van der Waals surface area contributed by atoms with Gasteiger partial charge in [-0.05, 0) is 45.4 Å². The largest absolute Gasteiger partial charge is 0.350 e. The van der Waals surface area contributed by atoms with E-state index in [9.17, 15) is 0 Å². The molecular weight excluding hydrogens is 324 g/mol. The van der Waals surface area contributed by atoms with Crippen molar-refractivity contribution >= 4 is 5.82 Å². The molecule has 3 heterocycles. The molecule has 26 heavy (non-hydrogen) atoms. The predicted octanol–water partition coefficient (Wildman–Crippen LogP) is 2.95. The highest BCUT2D eigenvalue weighted by atomic mass is 15.3. The molecule has 6 heteroatoms. The molecule has 0 N–H and O–H groups in total. The van der Waals surface area contributed by atoms with Gasteiger partial charge in [-0.25, -0.2) is 15.0 Å². The number of aromatic nitrogens is 4. The molecular formula is C20H28N6. The van der Waals surface area contributed by atoms with Gasteiger partial charge < -0.3 is 9.47 Å². The Bertz CT molecular complexity index is 755. The minimum Gasteiger partial charge on any atom is -0.350 e. The van der Waals surface area contributed by atoms with Crippen LogP contribution in [0.3, 0.4) is 0 Å². The number of imidazole rings is 1. The van der Waals surface area contributed by atoms with Gasteiger partial charge in [0, 0.05) is 55.7 Å². The van der Waals surface area contributed by atoms with Crippen LogP contribution in [0.5, 0.6) is 0 Å². The van der Waals surface area contributed by atoms with E-state index in [0.717, 1.165) is 37.2 Å². The van der Waals surface area contributed by atoms with Gasteiger partial charge in [0.15, 0.2) is 0 Å². The summed E-state index contributed by atoms with van der Waals surface area (Å²) in [5.74, 6) is 1.13. The molecule has 138 valence electrons. The Morgan fingerprint density at radius 3 is 2.50 bits per heavy atom. The molecule has 0 aromatic carbocycles. The number of rotatable bonds is 6. The van der Waals surface area contributed by atoms with Crippen molar-refractivity contribution in [2.45, 2.75) is 70.1 Å². The Labute approximate surface area is 155 Å². The zero-order valence-corrected chi connectivity index (χ0v) is 15.6. The first-order valence-electron chi connectivity index (χ1n) is 10.1. The maximum atomic E-state index is 4.58. The lowest BCUT2D eigenvalue weighted by molar-refractivity contribution is 0.196. The Morgan fingerprint density at radius 1 is 1.04 bits per heavy atom. The third-order valence-corrected chi connectivity index (χ3v) is 6.02. The monoisotopic (exact) mass is 352 g/mol. The van der Waals surface area contributed by atoms with Crippen LogP contribution in [0.25, 0.3) is 0 Å². The molecule has 0 spiro atoms. The quantitative estimate of drug-likeness (QED) is 0.800. The number of likely N-dealkylation sites (tertiary alicyclic amines) is 1. The van der Waals surface area contributed by atoms with Gasteiger partial charge in [0.25, 0.3) is 0 Å². The second kappa shape index (κ2) is 6.65. The molecule has 2 aliphatic carbocycles. The van der Waals surface area contributed by atoms with Gasteiger partial charge in [-0.1, -0.05) is 0 Å². The standard InChI is InChI=1S/C20H28N6/c1-15-10-20(23-13-22-15)26(17-4-5-17)18-6-8-24(9-7-18)12-19-11-21-14-25(19)16-2-3-16/h10-11,13-14,16-18H,2-9,12H2,1H3. The van der Waals surface area contributed by atoms with E-state index in [2.05, 4.69) is 48.5 Å². The number of nitrogens with zero attached hydrogens (tertiary/aromatic N) is 6. The van der Waals surface area contributed by atoms with Crippen LogP contribution in [0.15, 0.2) is 24.9 Å². The van der Waals surface area contributed by atoms with Crippen LogP contribution in [-0.4, -0.2) is 49.6 Å². The summed E-state index contributed by atoms with van der Waals surface area (Å²) >= 11 is 0. The summed E-state index contributed by atoms with van der Waals surface area (Å²) < 4.78 is 2.40. The summed E-state index contributed by atoms with van der Waals surface area (Å²) in [6, 6.07) is 4.17. The van der Waals surface area contributed by atoms with Gasteiger partial charge in [-0.3, -0.25) is 4.90 Å². The lowest BCUT2D eigenvalue weighted by atomic mass is 10.0. The highest BCUT2D eigenvalue weighted by Gasteiger charge is 2.36. The smallest absolute Gasteiger partial charge is 0.132 e. The van der Waals surface area contributed by atoms with Crippen LogP contribution >= 0.6 is 0 Å². The van der Waals surface area contributed by atoms with Crippen molar-refractivity contribution in [3.8, 4) is 0 Å². The molecule has 2 saturated carbocycles. The Morgan fingerprint density at radius 2 is 1.81 bits per heavy atom. The zero-order valence-electron chi connectivity index (χ0n) is 15.6. The molecule has 0 amide bonds. The first-order chi connectivity index (χ1) is 12.8. The number of piperidine rings is 1. The number of anilines is 1. The van der Waals surface area contributed by atoms with Crippen LogP contribution in [0.2, 0.25) is 0 Å². The van der Waals surface area contributed by atoms with Gasteiger partial charge in [-0.15, -0.1) is 0 Å². The van der Waals surface area contributed by atoms with Gasteiger partial charge in [0.1, 0.15) is 12.1 Å². The highest BCUT2D eigenvalue weighted by Crippen LogP contribution is 2.37. The molecule has 1 aliphatic heterocycles. The highest BCUT2D eigenvalue weighted by molar-refractivity contribution is 5.43. The molecule has 3 fully saturated rings. The fourth-order valence-corrected chi connectivity index (χ4v) is 4.33. The molecule has 0 radical (unpaired) electrons. The van der Waals surface area contributed by atoms with Crippen LogP contribution in [0.1, 0.15) is 56.0 Å². The molecule has 5 rings (SSSR count). The number of hydrogen-bond donors (Lipinski definition) is 0. The summed E-state index contributed by atoms with van der Waals surface area (Å²) in [5, 5.41) is 0. The van der Waals surface area contributed by atoms with Crippen molar-refractivity contribution in [1.29, 1.82) is 0 Å². The van der Waals surface area contributed by atoms with Crippen LogP contribution in [-0.2, 0) is 6.54 Å². The van der Waals surface area contributed by atoms with Crippen molar-refractivity contribution in [2.75, 3.05) is 18.0 Å². The average Bonchev–Trinajstić information content (AvgIpc) is 3.57. The minimum atomic E-state index is 0.612. The van der Waals surface area contributed by atoms with E-state index in [4.69, 9.17) is 0 Å². The van der Waals surface area contributed by atoms with Crippen molar-refractivity contribution in [2.24, 2.45) is 0 Å². The molecule has 0 bridgehead atoms. The summed E-state index contributed by atoms with van der Waals surface area (Å²) in [6.45, 7) is 5.42. The van der Waals surface area contributed by atoms with Crippen molar-refractivity contribution in [3.05, 3.63) is 36.3 Å². The Kier molecular flexibility index (Phi) is 4.15. The van der Waals surface area contributed by atoms with Gasteiger partial charge in [0.2, 0.25) is 0 Å². The fraction of sp³-hybridized carbons (Fsp3) is 0.650. The SMILES string of the molecule is Cc1cc(N(C2CC2)C2CCN(Cc3cncn3C3CC3)CC2)ncn1. The van der Waals surface area contributed by atoms with Crippen LogP contribution in [0, 0.1) is 6.92 Å². The van der Waals surface area contributed by atoms with Crippen LogP contribution in [0.4, 0.5) is 5.82 Å². The molecule has 2 aromatic heterocycles. The number of hydrogen-bond acceptors (Lipinski definition) is 5. The van der Waals surface area contributed by atoms with Crippen molar-refractivity contribution in [1.82, 2.24) is 24.4 Å². The normalized spacial score (nSPS) is 21.9. The molecule has 3 aliphatic rings. The van der Waals surface area contributed by atoms with Gasteiger partial charge in [0.05, 0.1) is 12.0 Å². The van der Waals surface area contributed by atoms with E-state index < -0.39 is 0 Å². The Balaban J connectivity index is 1.23. The topological polar surface area (TPSA) is 50.1 Å². The maximum Gasteiger partial charge on any atom is 0.132 e. The minimum absolute atomic E-state index is 0.612. The summed E-state index contributed by atoms with van der Waals surface area (Å²) in [6.07, 6.45) is 13.5. The molecule has 0 unspecified atom stereocenters. The Hall–Kier alpha value is -1.95. The zero-order chi connectivity index (χ0) is 17.5. The lowest BCUT2D eigenvalue weighted by Crippen LogP contribution is -2.46. The van der Waals surface area contributed by atoms with Crippen LogP contribution < -0.4 is 4.90 Å². The maximum absolute atomic E-state index is 4.58. The molecule has 6 nitrogen and oxygen atoms in total. The molecule has 2 aromatic rings. The second-order valence-corrected chi connectivity index (χ2v) is 8.19. The van der Waals surface area contributed by atoms with E-state index in [0.29, 0.717) is 12.1 Å². The van der Waals surface area contributed by atoms with E-state index >= 15 is 0 Å².